The number of carbonyl (C=O) groups excluding carboxylic acids is 1. The third kappa shape index (κ3) is 3.22. The molecule has 1 N–H and O–H groups in total. The fourth-order valence-electron chi connectivity index (χ4n) is 4.38. The SMILES string of the molecule is COc1cccc(OC)c1C1CC(C)C(=O)N1C(C)c1cc2cc(F)ccc2[nH]1. The number of halogens is 1. The van der Waals surface area contributed by atoms with Crippen LogP contribution in [0.15, 0.2) is 42.5 Å². The highest BCUT2D eigenvalue weighted by Gasteiger charge is 2.43. The van der Waals surface area contributed by atoms with E-state index in [0.29, 0.717) is 17.9 Å². The average molecular weight is 396 g/mol. The molecule has 0 bridgehead atoms. The maximum Gasteiger partial charge on any atom is 0.226 e. The number of methoxy groups -OCH3 is 2. The van der Waals surface area contributed by atoms with E-state index in [1.54, 1.807) is 20.3 Å². The van der Waals surface area contributed by atoms with Gasteiger partial charge in [0.2, 0.25) is 5.91 Å². The van der Waals surface area contributed by atoms with Crippen LogP contribution in [-0.4, -0.2) is 30.0 Å². The number of aromatic amines is 1. The van der Waals surface area contributed by atoms with Crippen LogP contribution in [0.2, 0.25) is 0 Å². The van der Waals surface area contributed by atoms with Crippen LogP contribution in [0.3, 0.4) is 0 Å². The first-order valence-corrected chi connectivity index (χ1v) is 9.75. The Morgan fingerprint density at radius 3 is 2.48 bits per heavy atom. The van der Waals surface area contributed by atoms with E-state index in [-0.39, 0.29) is 29.7 Å². The zero-order valence-electron chi connectivity index (χ0n) is 17.0. The number of fused-ring (bicyclic) bond motifs is 1. The molecular formula is C23H25FN2O3. The average Bonchev–Trinajstić information content (AvgIpc) is 3.27. The van der Waals surface area contributed by atoms with Crippen molar-refractivity contribution in [3.63, 3.8) is 0 Å². The van der Waals surface area contributed by atoms with Crippen molar-refractivity contribution in [3.05, 3.63) is 59.5 Å². The number of hydrogen-bond acceptors (Lipinski definition) is 3. The highest BCUT2D eigenvalue weighted by Crippen LogP contribution is 2.47. The summed E-state index contributed by atoms with van der Waals surface area (Å²) in [6.45, 7) is 3.94. The summed E-state index contributed by atoms with van der Waals surface area (Å²) in [6, 6.07) is 11.8. The molecule has 152 valence electrons. The van der Waals surface area contributed by atoms with E-state index in [2.05, 4.69) is 4.98 Å². The van der Waals surface area contributed by atoms with E-state index >= 15 is 0 Å². The van der Waals surface area contributed by atoms with E-state index in [4.69, 9.17) is 9.47 Å². The van der Waals surface area contributed by atoms with Crippen LogP contribution in [0.1, 0.15) is 43.6 Å². The first-order valence-electron chi connectivity index (χ1n) is 9.75. The van der Waals surface area contributed by atoms with Gasteiger partial charge in [0.05, 0.1) is 31.9 Å². The Labute approximate surface area is 169 Å². The molecule has 1 aliphatic rings. The Kier molecular flexibility index (Phi) is 4.94. The third-order valence-electron chi connectivity index (χ3n) is 5.86. The second kappa shape index (κ2) is 7.43. The van der Waals surface area contributed by atoms with Gasteiger partial charge in [-0.2, -0.15) is 0 Å². The number of amides is 1. The lowest BCUT2D eigenvalue weighted by molar-refractivity contribution is -0.133. The molecular weight excluding hydrogens is 371 g/mol. The number of benzene rings is 2. The molecule has 2 heterocycles. The van der Waals surface area contributed by atoms with Gasteiger partial charge in [0.25, 0.3) is 0 Å². The van der Waals surface area contributed by atoms with E-state index in [1.807, 2.05) is 43.0 Å². The van der Waals surface area contributed by atoms with Crippen LogP contribution in [0.5, 0.6) is 11.5 Å². The molecule has 1 aliphatic heterocycles. The summed E-state index contributed by atoms with van der Waals surface area (Å²) in [7, 11) is 3.25. The van der Waals surface area contributed by atoms with Crippen LogP contribution in [0.4, 0.5) is 4.39 Å². The summed E-state index contributed by atoms with van der Waals surface area (Å²) in [6.07, 6.45) is 0.675. The number of likely N-dealkylation sites (tertiary alicyclic amines) is 1. The van der Waals surface area contributed by atoms with Crippen molar-refractivity contribution in [1.82, 2.24) is 9.88 Å². The van der Waals surface area contributed by atoms with Crippen LogP contribution in [0.25, 0.3) is 10.9 Å². The molecule has 1 saturated heterocycles. The van der Waals surface area contributed by atoms with Crippen molar-refractivity contribution in [2.24, 2.45) is 5.92 Å². The maximum absolute atomic E-state index is 13.6. The number of aromatic nitrogens is 1. The van der Waals surface area contributed by atoms with Crippen molar-refractivity contribution >= 4 is 16.8 Å². The summed E-state index contributed by atoms with van der Waals surface area (Å²) < 4.78 is 24.8. The molecule has 1 fully saturated rings. The lowest BCUT2D eigenvalue weighted by Gasteiger charge is -2.32. The number of nitrogens with one attached hydrogen (secondary N) is 1. The molecule has 3 atom stereocenters. The van der Waals surface area contributed by atoms with Crippen LogP contribution in [-0.2, 0) is 4.79 Å². The Balaban J connectivity index is 1.79. The highest BCUT2D eigenvalue weighted by atomic mass is 19.1. The third-order valence-corrected chi connectivity index (χ3v) is 5.86. The van der Waals surface area contributed by atoms with Crippen molar-refractivity contribution in [3.8, 4) is 11.5 Å². The number of carbonyl (C=O) groups is 1. The van der Waals surface area contributed by atoms with Gasteiger partial charge in [-0.3, -0.25) is 4.79 Å². The molecule has 1 aromatic heterocycles. The predicted octanol–water partition coefficient (Wildman–Crippen LogP) is 4.99. The molecule has 29 heavy (non-hydrogen) atoms. The van der Waals surface area contributed by atoms with Gasteiger partial charge in [0.1, 0.15) is 17.3 Å². The molecule has 6 heteroatoms. The van der Waals surface area contributed by atoms with Gasteiger partial charge < -0.3 is 19.4 Å². The van der Waals surface area contributed by atoms with Crippen molar-refractivity contribution in [2.45, 2.75) is 32.4 Å². The molecule has 4 rings (SSSR count). The fraction of sp³-hybridized carbons (Fsp3) is 0.348. The van der Waals surface area contributed by atoms with Crippen LogP contribution < -0.4 is 9.47 Å². The quantitative estimate of drug-likeness (QED) is 0.661. The number of nitrogens with zero attached hydrogens (tertiary/aromatic N) is 1. The normalized spacial score (nSPS) is 20.3. The zero-order chi connectivity index (χ0) is 20.7. The van der Waals surface area contributed by atoms with E-state index in [1.165, 1.54) is 12.1 Å². The van der Waals surface area contributed by atoms with Gasteiger partial charge in [0, 0.05) is 22.5 Å². The van der Waals surface area contributed by atoms with Crippen LogP contribution >= 0.6 is 0 Å². The summed E-state index contributed by atoms with van der Waals surface area (Å²) in [5, 5.41) is 0.790. The Morgan fingerprint density at radius 1 is 1.14 bits per heavy atom. The molecule has 0 spiro atoms. The first kappa shape index (κ1) is 19.3. The van der Waals surface area contributed by atoms with Crippen LogP contribution in [0, 0.1) is 11.7 Å². The Hall–Kier alpha value is -3.02. The number of ether oxygens (including phenoxy) is 2. The van der Waals surface area contributed by atoms with Gasteiger partial charge in [-0.25, -0.2) is 4.39 Å². The zero-order valence-corrected chi connectivity index (χ0v) is 17.0. The minimum atomic E-state index is -0.279. The maximum atomic E-state index is 13.6. The number of rotatable bonds is 5. The van der Waals surface area contributed by atoms with Gasteiger partial charge in [-0.15, -0.1) is 0 Å². The Morgan fingerprint density at radius 2 is 1.83 bits per heavy atom. The number of hydrogen-bond donors (Lipinski definition) is 1. The largest absolute Gasteiger partial charge is 0.496 e. The van der Waals surface area contributed by atoms with E-state index in [0.717, 1.165) is 22.2 Å². The summed E-state index contributed by atoms with van der Waals surface area (Å²) in [5.74, 6) is 1.09. The highest BCUT2D eigenvalue weighted by molar-refractivity contribution is 5.84. The van der Waals surface area contributed by atoms with Gasteiger partial charge in [0.15, 0.2) is 0 Å². The summed E-state index contributed by atoms with van der Waals surface area (Å²) in [5.41, 5.74) is 2.59. The van der Waals surface area contributed by atoms with Crippen molar-refractivity contribution < 1.29 is 18.7 Å². The lowest BCUT2D eigenvalue weighted by Crippen LogP contribution is -2.32. The Bertz CT molecular complexity index is 1040. The minimum Gasteiger partial charge on any atom is -0.496 e. The second-order valence-electron chi connectivity index (χ2n) is 7.61. The topological polar surface area (TPSA) is 54.6 Å². The smallest absolute Gasteiger partial charge is 0.226 e. The van der Waals surface area contributed by atoms with Crippen molar-refractivity contribution in [1.29, 1.82) is 0 Å². The molecule has 1 amide bonds. The monoisotopic (exact) mass is 396 g/mol. The molecule has 0 aliphatic carbocycles. The lowest BCUT2D eigenvalue weighted by atomic mass is 9.98. The second-order valence-corrected chi connectivity index (χ2v) is 7.61. The van der Waals surface area contributed by atoms with E-state index in [9.17, 15) is 9.18 Å². The first-order chi connectivity index (χ1) is 13.9. The molecule has 3 unspecified atom stereocenters. The standard InChI is InChI=1S/C23H25FN2O3/c1-13-10-19(22-20(28-3)6-5-7-21(22)29-4)26(23(13)27)14(2)18-12-15-11-16(24)8-9-17(15)25-18/h5-9,11-14,19,25H,10H2,1-4H3. The van der Waals surface area contributed by atoms with Gasteiger partial charge >= 0.3 is 0 Å². The van der Waals surface area contributed by atoms with Crippen molar-refractivity contribution in [2.75, 3.05) is 14.2 Å². The summed E-state index contributed by atoms with van der Waals surface area (Å²) >= 11 is 0. The summed E-state index contributed by atoms with van der Waals surface area (Å²) in [4.78, 5) is 18.4. The number of H-pyrrole nitrogens is 1. The molecule has 0 radical (unpaired) electrons. The van der Waals surface area contributed by atoms with E-state index < -0.39 is 0 Å². The molecule has 0 saturated carbocycles. The van der Waals surface area contributed by atoms with Gasteiger partial charge in [-0.1, -0.05) is 13.0 Å². The van der Waals surface area contributed by atoms with Gasteiger partial charge in [-0.05, 0) is 49.7 Å². The molecule has 2 aromatic carbocycles. The fourth-order valence-corrected chi connectivity index (χ4v) is 4.38. The predicted molar refractivity (Wildman–Crippen MR) is 110 cm³/mol. The molecule has 5 nitrogen and oxygen atoms in total. The molecule has 3 aromatic rings. The minimum absolute atomic E-state index is 0.0836.